The van der Waals surface area contributed by atoms with Gasteiger partial charge in [-0.3, -0.25) is 0 Å². The molecule has 7 aromatic carbocycles. The smallest absolute Gasteiger partial charge is 0.216 e. The molecule has 0 unspecified atom stereocenters. The summed E-state index contributed by atoms with van der Waals surface area (Å²) in [6, 6.07) is 86.2. The second kappa shape index (κ2) is 35.8. The van der Waals surface area contributed by atoms with E-state index in [0.717, 1.165) is 83.1 Å². The van der Waals surface area contributed by atoms with Gasteiger partial charge in [0.05, 0.1) is 16.7 Å². The zero-order valence-electron chi connectivity index (χ0n) is 75.7. The van der Waals surface area contributed by atoms with Crippen molar-refractivity contribution in [1.29, 1.82) is 0 Å². The van der Waals surface area contributed by atoms with E-state index in [4.69, 9.17) is 42.0 Å². The molecule has 11 heterocycles. The Morgan fingerprint density at radius 2 is 0.760 bits per heavy atom. The number of rotatable bonds is 6. The third-order valence-corrected chi connectivity index (χ3v) is 15.5. The van der Waals surface area contributed by atoms with Crippen molar-refractivity contribution in [2.75, 3.05) is 0 Å². The van der Waals surface area contributed by atoms with Crippen molar-refractivity contribution < 1.29 is 102 Å². The largest absolute Gasteiger partial charge is 0.501 e. The topological polar surface area (TPSA) is 143 Å². The van der Waals surface area contributed by atoms with Crippen molar-refractivity contribution in [3.05, 3.63) is 349 Å². The molecule has 0 saturated heterocycles. The van der Waals surface area contributed by atoms with Crippen LogP contribution in [0.2, 0.25) is 0 Å². The first-order chi connectivity index (χ1) is 57.8. The van der Waals surface area contributed by atoms with Gasteiger partial charge >= 0.3 is 0 Å². The van der Waals surface area contributed by atoms with E-state index in [1.807, 2.05) is 109 Å². The molecule has 0 aliphatic rings. The van der Waals surface area contributed by atoms with Gasteiger partial charge in [-0.1, -0.05) is 130 Å². The van der Waals surface area contributed by atoms with Gasteiger partial charge in [0.2, 0.25) is 11.4 Å². The fourth-order valence-corrected chi connectivity index (χ4v) is 10.6. The normalized spacial score (nSPS) is 14.3. The number of nitrogens with zero attached hydrogens (tertiary/aromatic N) is 8. The molecule has 0 spiro atoms. The number of aromatic nitrogens is 8. The summed E-state index contributed by atoms with van der Waals surface area (Å²) in [5, 5.41) is 5.32. The summed E-state index contributed by atoms with van der Waals surface area (Å²) >= 11 is 0. The maximum atomic E-state index is 7.50. The molecule has 519 valence electrons. The minimum Gasteiger partial charge on any atom is -0.501 e. The van der Waals surface area contributed by atoms with Gasteiger partial charge in [0.1, 0.15) is 5.58 Å². The van der Waals surface area contributed by atoms with Gasteiger partial charge in [-0.05, 0) is 147 Å². The van der Waals surface area contributed by atoms with Crippen molar-refractivity contribution in [1.82, 2.24) is 39.9 Å². The standard InChI is InChI=1S/C18H13N2O.C17H11N2O.C17H10NO.C14H14N.2C12H10N.3Ir/c1-11-6-9-16(19-10-11)15-5-3-4-13-14-8-7-12(2)20-18(14)21-17(13)15;1-11-8-9-13-12-5-4-6-14(15-7-2-3-10-18-15)16(12)20-17(13)19-11;1-2-10-16-12(6-1)13-7-5-8-14(17(13)19-16)15-9-3-4-11-18-15;1-10-4-6-13(7-5-10)14-8-11(2)12(3)9-15-14;2*1-10-7-8-12(13-9-10)11-5-3-2-4-6-11;;;/h3-4,6-10H,1-2H3;2-5,7-10H,1H3;1-7,9-11H;4-6,8-9H,1-3H3;2*2-5,7-9H,1H3;;;/q6*-1;;;/i1D3,2D3;1D3;;1D3,3D3;2*1D3;;;. The van der Waals surface area contributed by atoms with Crippen LogP contribution >= 0.6 is 0 Å². The zero-order chi connectivity index (χ0) is 87.1. The molecule has 0 saturated carbocycles. The Bertz CT molecular complexity index is 6550. The summed E-state index contributed by atoms with van der Waals surface area (Å²) in [6.45, 7) is -13.6. The van der Waals surface area contributed by atoms with E-state index in [1.165, 1.54) is 55.1 Å². The number of aryl methyl sites for hydroxylation is 8. The van der Waals surface area contributed by atoms with E-state index in [-0.39, 0.29) is 105 Å². The minimum atomic E-state index is -2.32. The van der Waals surface area contributed by atoms with Gasteiger partial charge in [-0.25, -0.2) is 9.97 Å². The van der Waals surface area contributed by atoms with E-state index in [0.29, 0.717) is 50.3 Å². The second-order valence-electron chi connectivity index (χ2n) is 22.3. The van der Waals surface area contributed by atoms with Crippen LogP contribution in [0, 0.1) is 91.3 Å². The summed E-state index contributed by atoms with van der Waals surface area (Å²) in [6.07, 6.45) is 8.92. The molecule has 104 heavy (non-hydrogen) atoms. The molecular weight excluding hydrogens is 1820 g/mol. The van der Waals surface area contributed by atoms with E-state index in [2.05, 4.69) is 82.3 Å². The van der Waals surface area contributed by atoms with Crippen molar-refractivity contribution in [2.24, 2.45) is 0 Å². The van der Waals surface area contributed by atoms with Crippen LogP contribution in [0.3, 0.4) is 0 Å². The van der Waals surface area contributed by atoms with E-state index < -0.39 is 48.0 Å². The number of hydrogen-bond acceptors (Lipinski definition) is 11. The summed E-state index contributed by atoms with van der Waals surface area (Å²) in [7, 11) is 0. The van der Waals surface area contributed by atoms with E-state index in [1.54, 1.807) is 104 Å². The molecule has 11 aromatic heterocycles. The van der Waals surface area contributed by atoms with Crippen LogP contribution in [0.1, 0.15) is 73.6 Å². The zero-order valence-corrected chi connectivity index (χ0v) is 61.9. The summed E-state index contributed by atoms with van der Waals surface area (Å²) in [5.41, 5.74) is 13.7. The van der Waals surface area contributed by atoms with Crippen molar-refractivity contribution in [3.63, 3.8) is 0 Å². The minimum absolute atomic E-state index is 0. The monoisotopic (exact) mass is 1910 g/mol. The predicted octanol–water partition coefficient (Wildman–Crippen LogP) is 22.2. The maximum absolute atomic E-state index is 7.50. The number of fused-ring (bicyclic) bond motifs is 9. The molecule has 0 amide bonds. The van der Waals surface area contributed by atoms with E-state index in [9.17, 15) is 0 Å². The van der Waals surface area contributed by atoms with Gasteiger partial charge < -0.3 is 43.2 Å². The molecule has 14 heteroatoms. The molecule has 0 bridgehead atoms. The van der Waals surface area contributed by atoms with Crippen molar-refractivity contribution in [2.45, 2.75) is 54.9 Å². The van der Waals surface area contributed by atoms with Crippen molar-refractivity contribution >= 4 is 66.1 Å². The first-order valence-corrected chi connectivity index (χ1v) is 31.3. The third-order valence-electron chi connectivity index (χ3n) is 15.5. The maximum Gasteiger partial charge on any atom is 0.216 e. The molecule has 18 rings (SSSR count). The van der Waals surface area contributed by atoms with Crippen LogP contribution in [0.4, 0.5) is 0 Å². The first kappa shape index (κ1) is 52.1. The molecule has 0 fully saturated rings. The molecule has 11 nitrogen and oxygen atoms in total. The SMILES string of the molecule is [2H]C([2H])([2H])c1c[c-]c(-c2cc(C)c(C([2H])([2H])[2H])cn2)cc1.[2H]C([2H])([2H])c1ccc(-c2[c-]ccc3c2oc2nc(C([2H])([2H])[2H])ccc23)nc1.[2H]C([2H])([2H])c1ccc(-c2[c-]cccc2)nc1.[2H]C([2H])([2H])c1ccc(-c2[c-]cccc2)nc1.[2H]C([2H])([2H])c1ccc2c(n1)oc1c(-c3ccccn3)[c-]ccc12.[Ir].[Ir].[Ir].[c-]1ccc2c(oc3ccccc32)c1-c1ccccn1. The Kier molecular flexibility index (Phi) is 17.9. The third kappa shape index (κ3) is 18.3. The summed E-state index contributed by atoms with van der Waals surface area (Å²) in [5.74, 6) is 0. The van der Waals surface area contributed by atoms with Crippen LogP contribution < -0.4 is 0 Å². The Balaban J connectivity index is 0.000000157. The van der Waals surface area contributed by atoms with Crippen LogP contribution in [0.5, 0.6) is 0 Å². The Morgan fingerprint density at radius 3 is 1.19 bits per heavy atom. The fourth-order valence-electron chi connectivity index (χ4n) is 10.6. The van der Waals surface area contributed by atoms with Crippen LogP contribution in [-0.4, -0.2) is 39.9 Å². The van der Waals surface area contributed by atoms with Crippen LogP contribution in [-0.2, 0) is 60.3 Å². The average Bonchev–Trinajstić information content (AvgIpc) is 1.62. The molecule has 3 radical (unpaired) electrons. The molecule has 18 aromatic rings. The van der Waals surface area contributed by atoms with Gasteiger partial charge in [0.25, 0.3) is 0 Å². The summed E-state index contributed by atoms with van der Waals surface area (Å²) in [4.78, 5) is 33.6. The Labute approximate surface area is 675 Å². The Hall–Kier alpha value is -10.9. The van der Waals surface area contributed by atoms with Gasteiger partial charge in [0.15, 0.2) is 0 Å². The molecule has 0 aliphatic heterocycles. The van der Waals surface area contributed by atoms with Crippen molar-refractivity contribution in [3.8, 4) is 67.5 Å². The Morgan fingerprint density at radius 1 is 0.308 bits per heavy atom. The van der Waals surface area contributed by atoms with Gasteiger partial charge in [0, 0.05) is 154 Å². The first-order valence-electron chi connectivity index (χ1n) is 41.8. The van der Waals surface area contributed by atoms with E-state index >= 15 is 0 Å². The van der Waals surface area contributed by atoms with Gasteiger partial charge in [-0.2, -0.15) is 0 Å². The second-order valence-corrected chi connectivity index (χ2v) is 22.3. The fraction of sp³-hybridized carbons (Fsp3) is 0.0889. The number of pyridine rings is 8. The summed E-state index contributed by atoms with van der Waals surface area (Å²) < 4.78 is 172. The van der Waals surface area contributed by atoms with Crippen LogP contribution in [0.25, 0.3) is 134 Å². The molecule has 0 N–H and O–H groups in total. The predicted molar refractivity (Wildman–Crippen MR) is 406 cm³/mol. The number of hydrogen-bond donors (Lipinski definition) is 0. The number of para-hydroxylation sites is 1. The quantitative estimate of drug-likeness (QED) is 0.147. The molecular formula is C90H68Ir3N8O3-6. The van der Waals surface area contributed by atoms with Crippen LogP contribution in [0.15, 0.2) is 281 Å². The number of furan rings is 3. The molecule has 0 aliphatic carbocycles. The molecule has 0 atom stereocenters. The average molecular weight is 1910 g/mol. The number of benzene rings is 7. The van der Waals surface area contributed by atoms with Gasteiger partial charge in [-0.15, -0.1) is 162 Å².